The number of fused-ring (bicyclic) bond motifs is 1. The third kappa shape index (κ3) is 3.04. The molecule has 0 spiro atoms. The number of hydrogen-bond acceptors (Lipinski definition) is 5. The van der Waals surface area contributed by atoms with Gasteiger partial charge >= 0.3 is 5.97 Å². The summed E-state index contributed by atoms with van der Waals surface area (Å²) in [5.74, 6) is -2.43. The summed E-state index contributed by atoms with van der Waals surface area (Å²) in [6.45, 7) is 0. The molecule has 112 valence electrons. The van der Waals surface area contributed by atoms with Crippen molar-refractivity contribution in [2.24, 2.45) is 17.6 Å². The highest BCUT2D eigenvalue weighted by Gasteiger charge is 2.39. The van der Waals surface area contributed by atoms with Crippen molar-refractivity contribution < 1.29 is 24.2 Å². The fraction of sp³-hybridized carbons (Fsp3) is 0.400. The van der Waals surface area contributed by atoms with Crippen LogP contribution in [0.5, 0.6) is 5.75 Å². The van der Waals surface area contributed by atoms with Crippen LogP contribution in [0.3, 0.4) is 0 Å². The van der Waals surface area contributed by atoms with Gasteiger partial charge in [0.2, 0.25) is 5.91 Å². The number of esters is 1. The Morgan fingerprint density at radius 2 is 2.19 bits per heavy atom. The van der Waals surface area contributed by atoms with Gasteiger partial charge in [0.25, 0.3) is 0 Å². The van der Waals surface area contributed by atoms with E-state index >= 15 is 0 Å². The summed E-state index contributed by atoms with van der Waals surface area (Å²) < 4.78 is 4.54. The van der Waals surface area contributed by atoms with Gasteiger partial charge in [0.05, 0.1) is 7.11 Å². The van der Waals surface area contributed by atoms with E-state index in [4.69, 9.17) is 5.73 Å². The maximum absolute atomic E-state index is 12.4. The van der Waals surface area contributed by atoms with Gasteiger partial charge < -0.3 is 15.6 Å². The molecule has 0 fully saturated rings. The van der Waals surface area contributed by atoms with E-state index in [1.54, 1.807) is 6.07 Å². The molecule has 21 heavy (non-hydrogen) atoms. The molecule has 6 nitrogen and oxygen atoms in total. The van der Waals surface area contributed by atoms with Gasteiger partial charge in [0, 0.05) is 23.8 Å². The Hall–Kier alpha value is -2.37. The standard InChI is InChI=1S/C15H17NO5/c1-21-13(18)5-4-11(15(16)20)12-7-8-6-9(17)2-3-10(8)14(12)19/h2-3,6,11-12,17H,4-5,7H2,1H3,(H2,16,20). The van der Waals surface area contributed by atoms with Crippen molar-refractivity contribution in [3.05, 3.63) is 29.3 Å². The molecule has 6 heteroatoms. The van der Waals surface area contributed by atoms with Crippen molar-refractivity contribution >= 4 is 17.7 Å². The number of Topliss-reactive ketones (excluding diaryl/α,β-unsaturated/α-hetero) is 1. The normalized spacial score (nSPS) is 18.1. The van der Waals surface area contributed by atoms with Crippen molar-refractivity contribution in [1.82, 2.24) is 0 Å². The molecule has 1 aliphatic rings. The number of methoxy groups -OCH3 is 1. The van der Waals surface area contributed by atoms with Crippen molar-refractivity contribution in [2.45, 2.75) is 19.3 Å². The molecule has 0 bridgehead atoms. The lowest BCUT2D eigenvalue weighted by atomic mass is 9.85. The molecule has 0 radical (unpaired) electrons. The zero-order valence-electron chi connectivity index (χ0n) is 11.7. The summed E-state index contributed by atoms with van der Waals surface area (Å²) in [6.07, 6.45) is 0.561. The van der Waals surface area contributed by atoms with Crippen molar-refractivity contribution in [3.8, 4) is 5.75 Å². The minimum atomic E-state index is -0.717. The summed E-state index contributed by atoms with van der Waals surface area (Å²) >= 11 is 0. The number of aromatic hydroxyl groups is 1. The van der Waals surface area contributed by atoms with E-state index in [1.165, 1.54) is 19.2 Å². The molecule has 0 saturated heterocycles. The molecule has 2 atom stereocenters. The fourth-order valence-electron chi connectivity index (χ4n) is 2.76. The third-order valence-corrected chi connectivity index (χ3v) is 3.87. The Kier molecular flexibility index (Phi) is 4.26. The van der Waals surface area contributed by atoms with Crippen LogP contribution in [0.25, 0.3) is 0 Å². The number of amides is 1. The fourth-order valence-corrected chi connectivity index (χ4v) is 2.76. The van der Waals surface area contributed by atoms with Crippen LogP contribution in [0.4, 0.5) is 0 Å². The summed E-state index contributed by atoms with van der Waals surface area (Å²) in [7, 11) is 1.26. The SMILES string of the molecule is COC(=O)CCC(C(N)=O)C1Cc2cc(O)ccc2C1=O. The van der Waals surface area contributed by atoms with Gasteiger partial charge in [0.15, 0.2) is 5.78 Å². The number of ketones is 1. The van der Waals surface area contributed by atoms with E-state index in [1.807, 2.05) is 0 Å². The van der Waals surface area contributed by atoms with Gasteiger partial charge in [-0.25, -0.2) is 0 Å². The summed E-state index contributed by atoms with van der Waals surface area (Å²) in [5, 5.41) is 9.46. The van der Waals surface area contributed by atoms with Gasteiger partial charge in [-0.05, 0) is 36.6 Å². The average molecular weight is 291 g/mol. The van der Waals surface area contributed by atoms with E-state index in [0.29, 0.717) is 17.5 Å². The Balaban J connectivity index is 2.18. The molecule has 1 aromatic rings. The largest absolute Gasteiger partial charge is 0.508 e. The Bertz CT molecular complexity index is 596. The molecule has 1 amide bonds. The second-order valence-corrected chi connectivity index (χ2v) is 5.14. The third-order valence-electron chi connectivity index (χ3n) is 3.87. The Morgan fingerprint density at radius 1 is 1.48 bits per heavy atom. The van der Waals surface area contributed by atoms with Crippen molar-refractivity contribution in [1.29, 1.82) is 0 Å². The smallest absolute Gasteiger partial charge is 0.305 e. The maximum Gasteiger partial charge on any atom is 0.305 e. The van der Waals surface area contributed by atoms with Crippen LogP contribution in [-0.4, -0.2) is 29.9 Å². The quantitative estimate of drug-likeness (QED) is 0.780. The van der Waals surface area contributed by atoms with Gasteiger partial charge in [0.1, 0.15) is 5.75 Å². The Morgan fingerprint density at radius 3 is 2.81 bits per heavy atom. The number of primary amides is 1. The van der Waals surface area contributed by atoms with E-state index in [9.17, 15) is 19.5 Å². The molecule has 3 N–H and O–H groups in total. The zero-order chi connectivity index (χ0) is 15.6. The highest BCUT2D eigenvalue weighted by atomic mass is 16.5. The minimum Gasteiger partial charge on any atom is -0.508 e. The topological polar surface area (TPSA) is 107 Å². The lowest BCUT2D eigenvalue weighted by Crippen LogP contribution is -2.33. The summed E-state index contributed by atoms with van der Waals surface area (Å²) in [5.41, 5.74) is 6.58. The second kappa shape index (κ2) is 5.95. The number of rotatable bonds is 5. The lowest BCUT2D eigenvalue weighted by molar-refractivity contribution is -0.141. The highest BCUT2D eigenvalue weighted by Crippen LogP contribution is 2.35. The van der Waals surface area contributed by atoms with Gasteiger partial charge in [-0.3, -0.25) is 14.4 Å². The molecule has 2 rings (SSSR count). The maximum atomic E-state index is 12.4. The first kappa shape index (κ1) is 15.0. The molecule has 2 unspecified atom stereocenters. The number of phenolic OH excluding ortho intramolecular Hbond substituents is 1. The predicted octanol–water partition coefficient (Wildman–Crippen LogP) is 0.802. The molecule has 0 aliphatic heterocycles. The number of carbonyl (C=O) groups excluding carboxylic acids is 3. The first-order valence-electron chi connectivity index (χ1n) is 6.66. The number of nitrogens with two attached hydrogens (primary N) is 1. The first-order chi connectivity index (χ1) is 9.93. The number of benzene rings is 1. The number of carbonyl (C=O) groups is 3. The van der Waals surface area contributed by atoms with E-state index in [0.717, 1.165) is 0 Å². The van der Waals surface area contributed by atoms with Gasteiger partial charge in [-0.1, -0.05) is 0 Å². The molecule has 1 aliphatic carbocycles. The van der Waals surface area contributed by atoms with Gasteiger partial charge in [-0.2, -0.15) is 0 Å². The minimum absolute atomic E-state index is 0.0372. The molecule has 0 heterocycles. The molecular weight excluding hydrogens is 274 g/mol. The summed E-state index contributed by atoms with van der Waals surface area (Å²) in [4.78, 5) is 35.2. The van der Waals surface area contributed by atoms with Crippen LogP contribution in [0.15, 0.2) is 18.2 Å². The molecule has 0 saturated carbocycles. The molecule has 0 aromatic heterocycles. The van der Waals surface area contributed by atoms with Crippen molar-refractivity contribution in [2.75, 3.05) is 7.11 Å². The lowest BCUT2D eigenvalue weighted by Gasteiger charge is -2.18. The number of phenols is 1. The van der Waals surface area contributed by atoms with Crippen LogP contribution in [0, 0.1) is 11.8 Å². The number of ether oxygens (including phenoxy) is 1. The molecular formula is C15H17NO5. The number of hydrogen-bond donors (Lipinski definition) is 2. The first-order valence-corrected chi connectivity index (χ1v) is 6.66. The van der Waals surface area contributed by atoms with Gasteiger partial charge in [-0.15, -0.1) is 0 Å². The highest BCUT2D eigenvalue weighted by molar-refractivity contribution is 6.04. The second-order valence-electron chi connectivity index (χ2n) is 5.14. The van der Waals surface area contributed by atoms with E-state index in [2.05, 4.69) is 4.74 Å². The van der Waals surface area contributed by atoms with Crippen LogP contribution in [0.2, 0.25) is 0 Å². The van der Waals surface area contributed by atoms with Crippen LogP contribution in [-0.2, 0) is 20.7 Å². The Labute approximate surface area is 121 Å². The van der Waals surface area contributed by atoms with E-state index < -0.39 is 23.7 Å². The van der Waals surface area contributed by atoms with E-state index in [-0.39, 0.29) is 24.4 Å². The van der Waals surface area contributed by atoms with Crippen molar-refractivity contribution in [3.63, 3.8) is 0 Å². The van der Waals surface area contributed by atoms with Crippen LogP contribution >= 0.6 is 0 Å². The average Bonchev–Trinajstić information content (AvgIpc) is 2.75. The monoisotopic (exact) mass is 291 g/mol. The summed E-state index contributed by atoms with van der Waals surface area (Å²) in [6, 6.07) is 4.50. The zero-order valence-corrected chi connectivity index (χ0v) is 11.7. The van der Waals surface area contributed by atoms with Crippen LogP contribution < -0.4 is 5.73 Å². The van der Waals surface area contributed by atoms with Crippen LogP contribution in [0.1, 0.15) is 28.8 Å². The predicted molar refractivity (Wildman–Crippen MR) is 73.6 cm³/mol. The molecule has 1 aromatic carbocycles.